The first-order chi connectivity index (χ1) is 18.3. The Bertz CT molecular complexity index is 1340. The monoisotopic (exact) mass is 517 g/mol. The quantitative estimate of drug-likeness (QED) is 0.239. The van der Waals surface area contributed by atoms with Gasteiger partial charge in [-0.2, -0.15) is 0 Å². The molecule has 1 N–H and O–H groups in total. The first kappa shape index (κ1) is 26.6. The van der Waals surface area contributed by atoms with E-state index in [0.29, 0.717) is 34.1 Å². The van der Waals surface area contributed by atoms with E-state index in [1.807, 2.05) is 38.1 Å². The van der Waals surface area contributed by atoms with Crippen LogP contribution in [0.3, 0.4) is 0 Å². The van der Waals surface area contributed by atoms with Crippen molar-refractivity contribution in [3.63, 3.8) is 0 Å². The van der Waals surface area contributed by atoms with E-state index < -0.39 is 17.7 Å². The van der Waals surface area contributed by atoms with Crippen LogP contribution in [0.15, 0.2) is 72.3 Å². The first-order valence-corrected chi connectivity index (χ1v) is 12.2. The lowest BCUT2D eigenvalue weighted by Crippen LogP contribution is -2.29. The molecule has 3 aromatic rings. The lowest BCUT2D eigenvalue weighted by atomic mass is 9.95. The number of rotatable bonds is 9. The number of amides is 1. The van der Waals surface area contributed by atoms with Crippen molar-refractivity contribution in [2.75, 3.05) is 21.3 Å². The Hall–Kier alpha value is -4.46. The van der Waals surface area contributed by atoms with E-state index in [-0.39, 0.29) is 24.0 Å². The van der Waals surface area contributed by atoms with Crippen LogP contribution in [0, 0.1) is 0 Å². The highest BCUT2D eigenvalue weighted by molar-refractivity contribution is 6.46. The fourth-order valence-electron chi connectivity index (χ4n) is 4.46. The van der Waals surface area contributed by atoms with E-state index in [1.54, 1.807) is 49.6 Å². The molecular weight excluding hydrogens is 486 g/mol. The molecule has 4 rings (SSSR count). The Morgan fingerprint density at radius 1 is 0.842 bits per heavy atom. The van der Waals surface area contributed by atoms with Gasteiger partial charge in [-0.15, -0.1) is 0 Å². The summed E-state index contributed by atoms with van der Waals surface area (Å²) in [6.07, 6.45) is 0.0327. The van der Waals surface area contributed by atoms with Gasteiger partial charge in [-0.25, -0.2) is 0 Å². The predicted molar refractivity (Wildman–Crippen MR) is 143 cm³/mol. The topological polar surface area (TPSA) is 94.5 Å². The molecule has 1 aliphatic rings. The number of methoxy groups -OCH3 is 3. The second kappa shape index (κ2) is 11.3. The predicted octanol–water partition coefficient (Wildman–Crippen LogP) is 5.12. The molecule has 198 valence electrons. The molecular formula is C30H31NO7. The second-order valence-corrected chi connectivity index (χ2v) is 9.08. The van der Waals surface area contributed by atoms with Crippen molar-refractivity contribution in [2.45, 2.75) is 32.5 Å². The number of benzene rings is 3. The average molecular weight is 518 g/mol. The van der Waals surface area contributed by atoms with Crippen LogP contribution in [-0.4, -0.2) is 49.1 Å². The lowest BCUT2D eigenvalue weighted by molar-refractivity contribution is -0.140. The maximum absolute atomic E-state index is 13.4. The molecule has 1 saturated heterocycles. The molecule has 0 bridgehead atoms. The van der Waals surface area contributed by atoms with Gasteiger partial charge in [0, 0.05) is 12.1 Å². The van der Waals surface area contributed by atoms with Gasteiger partial charge in [0.2, 0.25) is 0 Å². The third-order valence-electron chi connectivity index (χ3n) is 6.28. The van der Waals surface area contributed by atoms with Crippen LogP contribution in [0.2, 0.25) is 0 Å². The lowest BCUT2D eigenvalue weighted by Gasteiger charge is -2.26. The number of hydrogen-bond donors (Lipinski definition) is 1. The van der Waals surface area contributed by atoms with Crippen LogP contribution in [0.5, 0.6) is 23.0 Å². The summed E-state index contributed by atoms with van der Waals surface area (Å²) in [5.41, 5.74) is 1.79. The Morgan fingerprint density at radius 3 is 2.05 bits per heavy atom. The fraction of sp³-hybridized carbons (Fsp3) is 0.267. The Morgan fingerprint density at radius 2 is 1.47 bits per heavy atom. The Balaban J connectivity index is 1.79. The number of hydrogen-bond acceptors (Lipinski definition) is 7. The van der Waals surface area contributed by atoms with Crippen molar-refractivity contribution < 1.29 is 33.6 Å². The Kier molecular flexibility index (Phi) is 7.90. The van der Waals surface area contributed by atoms with Gasteiger partial charge in [-0.05, 0) is 67.4 Å². The highest BCUT2D eigenvalue weighted by Crippen LogP contribution is 2.41. The molecule has 1 fully saturated rings. The maximum Gasteiger partial charge on any atom is 0.295 e. The smallest absolute Gasteiger partial charge is 0.295 e. The highest BCUT2D eigenvalue weighted by Gasteiger charge is 2.46. The van der Waals surface area contributed by atoms with Crippen molar-refractivity contribution in [1.29, 1.82) is 0 Å². The summed E-state index contributed by atoms with van der Waals surface area (Å²) in [6, 6.07) is 18.4. The summed E-state index contributed by atoms with van der Waals surface area (Å²) in [6.45, 7) is 4.05. The summed E-state index contributed by atoms with van der Waals surface area (Å²) in [4.78, 5) is 28.2. The number of carbonyl (C=O) groups is 2. The van der Waals surface area contributed by atoms with Crippen molar-refractivity contribution in [2.24, 2.45) is 0 Å². The van der Waals surface area contributed by atoms with E-state index >= 15 is 0 Å². The van der Waals surface area contributed by atoms with Crippen molar-refractivity contribution in [3.05, 3.63) is 89.0 Å². The zero-order valence-corrected chi connectivity index (χ0v) is 22.1. The van der Waals surface area contributed by atoms with Gasteiger partial charge in [0.05, 0.1) is 39.0 Å². The molecule has 1 aliphatic heterocycles. The summed E-state index contributed by atoms with van der Waals surface area (Å²) >= 11 is 0. The molecule has 1 unspecified atom stereocenters. The third kappa shape index (κ3) is 5.29. The van der Waals surface area contributed by atoms with Gasteiger partial charge in [0.25, 0.3) is 11.7 Å². The molecule has 8 heteroatoms. The molecule has 1 amide bonds. The average Bonchev–Trinajstić information content (AvgIpc) is 3.17. The van der Waals surface area contributed by atoms with Crippen LogP contribution >= 0.6 is 0 Å². The van der Waals surface area contributed by atoms with Crippen molar-refractivity contribution in [3.8, 4) is 23.0 Å². The second-order valence-electron chi connectivity index (χ2n) is 9.08. The van der Waals surface area contributed by atoms with Crippen LogP contribution in [-0.2, 0) is 16.1 Å². The number of aliphatic hydroxyl groups excluding tert-OH is 1. The zero-order valence-electron chi connectivity index (χ0n) is 22.1. The van der Waals surface area contributed by atoms with Crippen LogP contribution in [0.1, 0.15) is 36.6 Å². The zero-order chi connectivity index (χ0) is 27.4. The van der Waals surface area contributed by atoms with Gasteiger partial charge in [0.15, 0.2) is 11.5 Å². The SMILES string of the molecule is COc1ccc(C2/C(=C(/O)c3ccc(OC)c(OC)c3)C(=O)C(=O)N2Cc2ccc(OC(C)C)cc2)cc1. The van der Waals surface area contributed by atoms with Gasteiger partial charge in [-0.3, -0.25) is 9.59 Å². The first-order valence-electron chi connectivity index (χ1n) is 12.2. The van der Waals surface area contributed by atoms with Crippen molar-refractivity contribution in [1.82, 2.24) is 4.90 Å². The van der Waals surface area contributed by atoms with E-state index in [2.05, 4.69) is 0 Å². The Labute approximate surface area is 222 Å². The highest BCUT2D eigenvalue weighted by atomic mass is 16.5. The largest absolute Gasteiger partial charge is 0.507 e. The number of carbonyl (C=O) groups excluding carboxylic acids is 2. The van der Waals surface area contributed by atoms with Gasteiger partial charge in [-0.1, -0.05) is 24.3 Å². The summed E-state index contributed by atoms with van der Waals surface area (Å²) in [5, 5.41) is 11.4. The van der Waals surface area contributed by atoms with Gasteiger partial charge < -0.3 is 29.0 Å². The number of aliphatic hydroxyl groups is 1. The molecule has 1 heterocycles. The summed E-state index contributed by atoms with van der Waals surface area (Å²) < 4.78 is 21.6. The van der Waals surface area contributed by atoms with Gasteiger partial charge >= 0.3 is 0 Å². The van der Waals surface area contributed by atoms with E-state index in [4.69, 9.17) is 18.9 Å². The van der Waals surface area contributed by atoms with Crippen LogP contribution in [0.4, 0.5) is 0 Å². The molecule has 0 aromatic heterocycles. The van der Waals surface area contributed by atoms with E-state index in [1.165, 1.54) is 19.1 Å². The maximum atomic E-state index is 13.4. The van der Waals surface area contributed by atoms with E-state index in [9.17, 15) is 14.7 Å². The molecule has 8 nitrogen and oxygen atoms in total. The van der Waals surface area contributed by atoms with Crippen molar-refractivity contribution >= 4 is 17.4 Å². The molecule has 38 heavy (non-hydrogen) atoms. The minimum Gasteiger partial charge on any atom is -0.507 e. The normalized spacial score (nSPS) is 16.6. The molecule has 3 aromatic carbocycles. The minimum absolute atomic E-state index is 0.00727. The molecule has 0 saturated carbocycles. The number of ketones is 1. The number of likely N-dealkylation sites (tertiary alicyclic amines) is 1. The van der Waals surface area contributed by atoms with Crippen LogP contribution in [0.25, 0.3) is 5.76 Å². The van der Waals surface area contributed by atoms with Gasteiger partial charge in [0.1, 0.15) is 17.3 Å². The number of nitrogens with zero attached hydrogens (tertiary/aromatic N) is 1. The summed E-state index contributed by atoms with van der Waals surface area (Å²) in [5.74, 6) is 0.440. The molecule has 0 radical (unpaired) electrons. The third-order valence-corrected chi connectivity index (χ3v) is 6.28. The minimum atomic E-state index is -0.819. The van der Waals surface area contributed by atoms with Crippen LogP contribution < -0.4 is 18.9 Å². The van der Waals surface area contributed by atoms with E-state index in [0.717, 1.165) is 5.56 Å². The number of Topliss-reactive ketones (excluding diaryl/α,β-unsaturated/α-hetero) is 1. The molecule has 1 atom stereocenters. The molecule has 0 spiro atoms. The molecule has 0 aliphatic carbocycles. The standard InChI is InChI=1S/C30H31NO7/c1-18(2)38-23-11-6-19(7-12-23)17-31-27(20-8-13-22(35-3)14-9-20)26(29(33)30(31)34)28(32)21-10-15-24(36-4)25(16-21)37-5/h6-16,18,27,32H,17H2,1-5H3/b28-26-. The fourth-order valence-corrected chi connectivity index (χ4v) is 4.46. The number of ether oxygens (including phenoxy) is 4. The summed E-state index contributed by atoms with van der Waals surface area (Å²) in [7, 11) is 4.55.